The molecule has 0 bridgehead atoms. The lowest BCUT2D eigenvalue weighted by molar-refractivity contribution is 0.223. The molecule has 0 amide bonds. The third-order valence-electron chi connectivity index (χ3n) is 3.15. The number of para-hydroxylation sites is 1. The summed E-state index contributed by atoms with van der Waals surface area (Å²) in [4.78, 5) is 0. The van der Waals surface area contributed by atoms with Crippen LogP contribution in [0.15, 0.2) is 18.2 Å². The van der Waals surface area contributed by atoms with E-state index < -0.39 is 0 Å². The highest BCUT2D eigenvalue weighted by atomic mass is 35.5. The number of halogens is 1. The highest BCUT2D eigenvalue weighted by molar-refractivity contribution is 6.32. The fourth-order valence-electron chi connectivity index (χ4n) is 1.78. The van der Waals surface area contributed by atoms with Crippen LogP contribution in [0.1, 0.15) is 24.8 Å². The van der Waals surface area contributed by atoms with Crippen molar-refractivity contribution in [2.24, 2.45) is 5.41 Å². The molecule has 90 valence electrons. The zero-order valence-electron chi connectivity index (χ0n) is 9.45. The molecule has 0 aromatic heterocycles. The monoisotopic (exact) mass is 251 g/mol. The summed E-state index contributed by atoms with van der Waals surface area (Å²) in [5, 5.41) is 18.4. The number of benzene rings is 1. The number of hydrogen-bond donors (Lipinski definition) is 1. The van der Waals surface area contributed by atoms with E-state index in [9.17, 15) is 5.11 Å². The van der Waals surface area contributed by atoms with Gasteiger partial charge >= 0.3 is 0 Å². The topological polar surface area (TPSA) is 53.2 Å². The maximum absolute atomic E-state index is 9.20. The van der Waals surface area contributed by atoms with Crippen LogP contribution in [0.4, 0.5) is 0 Å². The van der Waals surface area contributed by atoms with E-state index in [1.165, 1.54) is 0 Å². The minimum atomic E-state index is -0.0961. The Hall–Kier alpha value is -1.24. The summed E-state index contributed by atoms with van der Waals surface area (Å²) in [7, 11) is 0. The number of aliphatic hydroxyl groups is 1. The maximum Gasteiger partial charge on any atom is 0.143 e. The minimum Gasteiger partial charge on any atom is -0.491 e. The predicted octanol–water partition coefficient (Wildman–Crippen LogP) is 2.90. The van der Waals surface area contributed by atoms with Gasteiger partial charge < -0.3 is 9.84 Å². The highest BCUT2D eigenvalue weighted by Gasteiger charge is 2.43. The van der Waals surface area contributed by atoms with Crippen molar-refractivity contribution in [3.05, 3.63) is 28.8 Å². The van der Waals surface area contributed by atoms with Crippen molar-refractivity contribution in [3.8, 4) is 11.8 Å². The van der Waals surface area contributed by atoms with Gasteiger partial charge in [0, 0.05) is 17.4 Å². The Morgan fingerprint density at radius 2 is 2.24 bits per heavy atom. The van der Waals surface area contributed by atoms with E-state index in [2.05, 4.69) is 6.07 Å². The van der Waals surface area contributed by atoms with Crippen molar-refractivity contribution in [3.63, 3.8) is 0 Å². The zero-order valence-corrected chi connectivity index (χ0v) is 10.2. The first-order chi connectivity index (χ1) is 8.21. The molecule has 1 aliphatic rings. The molecule has 0 spiro atoms. The molecule has 0 saturated heterocycles. The molecular formula is C13H14ClNO2. The molecular weight excluding hydrogens is 238 g/mol. The fourth-order valence-corrected chi connectivity index (χ4v) is 2.03. The van der Waals surface area contributed by atoms with Gasteiger partial charge in [-0.1, -0.05) is 23.7 Å². The van der Waals surface area contributed by atoms with Gasteiger partial charge in [-0.05, 0) is 18.9 Å². The molecule has 1 aliphatic carbocycles. The quantitative estimate of drug-likeness (QED) is 0.876. The highest BCUT2D eigenvalue weighted by Crippen LogP contribution is 2.49. The average Bonchev–Trinajstić information content (AvgIpc) is 3.08. The smallest absolute Gasteiger partial charge is 0.143 e. The van der Waals surface area contributed by atoms with Crippen LogP contribution >= 0.6 is 11.6 Å². The Balaban J connectivity index is 2.07. The van der Waals surface area contributed by atoms with E-state index in [0.717, 1.165) is 12.8 Å². The van der Waals surface area contributed by atoms with Gasteiger partial charge in [-0.2, -0.15) is 5.26 Å². The summed E-state index contributed by atoms with van der Waals surface area (Å²) < 4.78 is 5.70. The van der Waals surface area contributed by atoms with Crippen molar-refractivity contribution in [2.45, 2.75) is 25.9 Å². The van der Waals surface area contributed by atoms with Crippen LogP contribution in [0, 0.1) is 16.7 Å². The van der Waals surface area contributed by atoms with Gasteiger partial charge in [0.15, 0.2) is 0 Å². The molecule has 0 heterocycles. The zero-order chi connectivity index (χ0) is 12.3. The number of hydrogen-bond acceptors (Lipinski definition) is 3. The first-order valence-electron chi connectivity index (χ1n) is 5.59. The Morgan fingerprint density at radius 1 is 1.47 bits per heavy atom. The van der Waals surface area contributed by atoms with Crippen LogP contribution in [-0.4, -0.2) is 11.7 Å². The molecule has 1 N–H and O–H groups in total. The third kappa shape index (κ3) is 2.71. The van der Waals surface area contributed by atoms with Crippen LogP contribution < -0.4 is 4.74 Å². The minimum absolute atomic E-state index is 0.0145. The number of aliphatic hydroxyl groups excluding tert-OH is 1. The van der Waals surface area contributed by atoms with Crippen LogP contribution in [0.3, 0.4) is 0 Å². The van der Waals surface area contributed by atoms with Crippen LogP contribution in [-0.2, 0) is 6.61 Å². The molecule has 0 aliphatic heterocycles. The molecule has 3 nitrogen and oxygen atoms in total. The lowest BCUT2D eigenvalue weighted by Crippen LogP contribution is -2.13. The molecule has 1 aromatic rings. The van der Waals surface area contributed by atoms with E-state index >= 15 is 0 Å². The van der Waals surface area contributed by atoms with Crippen molar-refractivity contribution < 1.29 is 9.84 Å². The normalized spacial score (nSPS) is 16.3. The second-order valence-electron chi connectivity index (χ2n) is 4.51. The largest absolute Gasteiger partial charge is 0.491 e. The van der Waals surface area contributed by atoms with Crippen molar-refractivity contribution in [1.29, 1.82) is 5.26 Å². The van der Waals surface area contributed by atoms with Crippen LogP contribution in [0.25, 0.3) is 0 Å². The summed E-state index contributed by atoms with van der Waals surface area (Å²) in [5.74, 6) is 0.542. The molecule has 17 heavy (non-hydrogen) atoms. The van der Waals surface area contributed by atoms with Gasteiger partial charge in [-0.25, -0.2) is 0 Å². The average molecular weight is 252 g/mol. The molecule has 1 aromatic carbocycles. The van der Waals surface area contributed by atoms with Crippen LogP contribution in [0.2, 0.25) is 5.02 Å². The number of ether oxygens (including phenoxy) is 1. The molecule has 1 fully saturated rings. The second-order valence-corrected chi connectivity index (χ2v) is 4.92. The molecule has 0 atom stereocenters. The van der Waals surface area contributed by atoms with E-state index in [-0.39, 0.29) is 12.0 Å². The predicted molar refractivity (Wildman–Crippen MR) is 64.8 cm³/mol. The van der Waals surface area contributed by atoms with Gasteiger partial charge in [0.25, 0.3) is 0 Å². The van der Waals surface area contributed by atoms with Gasteiger partial charge in [0.1, 0.15) is 5.75 Å². The molecule has 0 radical (unpaired) electrons. The van der Waals surface area contributed by atoms with Crippen LogP contribution in [0.5, 0.6) is 5.75 Å². The summed E-state index contributed by atoms with van der Waals surface area (Å²) >= 11 is 6.03. The van der Waals surface area contributed by atoms with E-state index in [0.29, 0.717) is 29.4 Å². The standard InChI is InChI=1S/C13H14ClNO2/c14-11-3-1-2-10(8-16)12(11)17-9-13(4-5-13)6-7-15/h1-3,16H,4-6,8-9H2. The van der Waals surface area contributed by atoms with Gasteiger partial charge in [-0.3, -0.25) is 0 Å². The maximum atomic E-state index is 9.20. The van der Waals surface area contributed by atoms with Gasteiger partial charge in [-0.15, -0.1) is 0 Å². The Kier molecular flexibility index (Phi) is 3.56. The summed E-state index contributed by atoms with van der Waals surface area (Å²) in [5.41, 5.74) is 0.700. The molecule has 2 rings (SSSR count). The Labute approximate surface area is 106 Å². The Morgan fingerprint density at radius 3 is 2.82 bits per heavy atom. The van der Waals surface area contributed by atoms with Crippen molar-refractivity contribution in [2.75, 3.05) is 6.61 Å². The second kappa shape index (κ2) is 4.95. The third-order valence-corrected chi connectivity index (χ3v) is 3.45. The summed E-state index contributed by atoms with van der Waals surface area (Å²) in [6.45, 7) is 0.401. The molecule has 1 saturated carbocycles. The van der Waals surface area contributed by atoms with E-state index in [1.54, 1.807) is 18.2 Å². The first kappa shape index (κ1) is 12.2. The number of rotatable bonds is 5. The van der Waals surface area contributed by atoms with Gasteiger partial charge in [0.05, 0.1) is 24.3 Å². The molecule has 0 unspecified atom stereocenters. The van der Waals surface area contributed by atoms with E-state index in [1.807, 2.05) is 0 Å². The van der Waals surface area contributed by atoms with Crippen molar-refractivity contribution in [1.82, 2.24) is 0 Å². The number of nitrogens with zero attached hydrogens (tertiary/aromatic N) is 1. The summed E-state index contributed by atoms with van der Waals surface area (Å²) in [6, 6.07) is 7.49. The molecule has 4 heteroatoms. The SMILES string of the molecule is N#CCC1(COc2c(Cl)cccc2CO)CC1. The van der Waals surface area contributed by atoms with Gasteiger partial charge in [0.2, 0.25) is 0 Å². The number of nitriles is 1. The lowest BCUT2D eigenvalue weighted by Gasteiger charge is -2.16. The lowest BCUT2D eigenvalue weighted by atomic mass is 10.1. The first-order valence-corrected chi connectivity index (χ1v) is 5.96. The fraction of sp³-hybridized carbons (Fsp3) is 0.462. The Bertz CT molecular complexity index is 449. The summed E-state index contributed by atoms with van der Waals surface area (Å²) in [6.07, 6.45) is 2.57. The van der Waals surface area contributed by atoms with E-state index in [4.69, 9.17) is 21.6 Å². The van der Waals surface area contributed by atoms with Crippen molar-refractivity contribution >= 4 is 11.6 Å².